The second-order valence-corrected chi connectivity index (χ2v) is 10.5. The first kappa shape index (κ1) is 24.5. The van der Waals surface area contributed by atoms with Gasteiger partial charge in [0.1, 0.15) is 28.3 Å². The van der Waals surface area contributed by atoms with E-state index in [1.165, 1.54) is 0 Å². The van der Waals surface area contributed by atoms with Gasteiger partial charge in [0.2, 0.25) is 0 Å². The van der Waals surface area contributed by atoms with Gasteiger partial charge >= 0.3 is 0 Å². The summed E-state index contributed by atoms with van der Waals surface area (Å²) in [7, 11) is 1.97. The van der Waals surface area contributed by atoms with Crippen molar-refractivity contribution < 1.29 is 13.7 Å². The first-order chi connectivity index (χ1) is 15.8. The minimum atomic E-state index is -1.35. The minimum absolute atomic E-state index is 0.426. The molecule has 1 aromatic heterocycles. The molecular weight excluding hydrogens is 434 g/mol. The van der Waals surface area contributed by atoms with Crippen LogP contribution in [0.5, 0.6) is 11.5 Å². The van der Waals surface area contributed by atoms with Crippen molar-refractivity contribution in [1.29, 1.82) is 0 Å². The molecule has 1 heterocycles. The van der Waals surface area contributed by atoms with E-state index in [4.69, 9.17) is 9.47 Å². The number of nitrogens with zero attached hydrogens (tertiary/aromatic N) is 3. The Morgan fingerprint density at radius 3 is 1.88 bits per heavy atom. The zero-order valence-corrected chi connectivity index (χ0v) is 20.6. The molecule has 3 aromatic rings. The molecule has 0 bridgehead atoms. The number of pyridine rings is 1. The molecule has 0 aliphatic carbocycles. The van der Waals surface area contributed by atoms with Crippen molar-refractivity contribution in [3.8, 4) is 11.5 Å². The van der Waals surface area contributed by atoms with Gasteiger partial charge in [0.25, 0.3) is 0 Å². The first-order valence-corrected chi connectivity index (χ1v) is 11.8. The van der Waals surface area contributed by atoms with Crippen LogP contribution in [-0.4, -0.2) is 34.4 Å². The Balaban J connectivity index is 1.95. The van der Waals surface area contributed by atoms with E-state index in [1.807, 2.05) is 81.4 Å². The highest BCUT2D eigenvalue weighted by Gasteiger charge is 2.19. The van der Waals surface area contributed by atoms with Crippen molar-refractivity contribution in [3.63, 3.8) is 0 Å². The van der Waals surface area contributed by atoms with E-state index in [2.05, 4.69) is 14.3 Å². The van der Waals surface area contributed by atoms with Gasteiger partial charge in [-0.05, 0) is 68.3 Å². The van der Waals surface area contributed by atoms with Crippen LogP contribution in [0.4, 0.5) is 5.82 Å². The van der Waals surface area contributed by atoms with Crippen LogP contribution in [0.25, 0.3) is 0 Å². The lowest BCUT2D eigenvalue weighted by atomic mass is 10.1. The Labute approximate surface area is 198 Å². The molecule has 0 saturated heterocycles. The third kappa shape index (κ3) is 6.89. The average molecular weight is 466 g/mol. The van der Waals surface area contributed by atoms with Gasteiger partial charge < -0.3 is 14.4 Å². The number of rotatable bonds is 9. The molecule has 0 fully saturated rings. The average Bonchev–Trinajstić information content (AvgIpc) is 2.82. The normalized spacial score (nSPS) is 12.5. The summed E-state index contributed by atoms with van der Waals surface area (Å²) in [4.78, 5) is 6.85. The van der Waals surface area contributed by atoms with E-state index < -0.39 is 15.7 Å². The summed E-state index contributed by atoms with van der Waals surface area (Å²) < 4.78 is 27.0. The fraction of sp³-hybridized carbons (Fsp3) is 0.308. The lowest BCUT2D eigenvalue weighted by Crippen LogP contribution is -2.24. The molecular formula is C26H31N3O3S. The van der Waals surface area contributed by atoms with E-state index in [0.717, 1.165) is 34.0 Å². The second kappa shape index (κ2) is 11.1. The van der Waals surface area contributed by atoms with Crippen molar-refractivity contribution in [2.24, 2.45) is 4.40 Å². The number of methoxy groups -OCH3 is 2. The predicted molar refractivity (Wildman–Crippen MR) is 136 cm³/mol. The fourth-order valence-electron chi connectivity index (χ4n) is 3.15. The Bertz CT molecular complexity index is 1040. The molecule has 2 aromatic carbocycles. The molecule has 3 rings (SSSR count). The lowest BCUT2D eigenvalue weighted by molar-refractivity contribution is 0.414. The molecule has 7 heteroatoms. The van der Waals surface area contributed by atoms with E-state index in [0.29, 0.717) is 13.1 Å². The van der Waals surface area contributed by atoms with Crippen LogP contribution in [0.15, 0.2) is 71.3 Å². The van der Waals surface area contributed by atoms with Gasteiger partial charge in [-0.3, -0.25) is 0 Å². The number of anilines is 1. The van der Waals surface area contributed by atoms with Crippen LogP contribution in [-0.2, 0) is 24.1 Å². The van der Waals surface area contributed by atoms with Crippen molar-refractivity contribution in [2.45, 2.75) is 38.6 Å². The van der Waals surface area contributed by atoms with Gasteiger partial charge in [-0.1, -0.05) is 24.3 Å². The number of aromatic nitrogens is 1. The number of hydrogen-bond donors (Lipinski definition) is 0. The molecule has 0 radical (unpaired) electrons. The van der Waals surface area contributed by atoms with Gasteiger partial charge in [-0.15, -0.1) is 0 Å². The second-order valence-electron chi connectivity index (χ2n) is 8.56. The Kier molecular flexibility index (Phi) is 8.22. The van der Waals surface area contributed by atoms with Crippen LogP contribution in [0.1, 0.15) is 37.5 Å². The van der Waals surface area contributed by atoms with Gasteiger partial charge in [0.05, 0.1) is 19.0 Å². The maximum atomic E-state index is 12.5. The maximum Gasteiger partial charge on any atom is 0.144 e. The molecule has 0 aliphatic heterocycles. The fourth-order valence-corrected chi connectivity index (χ4v) is 3.67. The van der Waals surface area contributed by atoms with Gasteiger partial charge in [0.15, 0.2) is 0 Å². The molecule has 33 heavy (non-hydrogen) atoms. The highest BCUT2D eigenvalue weighted by molar-refractivity contribution is 7.85. The number of ether oxygens (including phenoxy) is 2. The SMILES string of the molecule is COc1ccc(CN(Cc2ccc(OC)cc2)c2ncccc2C=N[S@](=O)C(C)(C)C)cc1. The minimum Gasteiger partial charge on any atom is -0.497 e. The molecule has 1 atom stereocenters. The molecule has 0 N–H and O–H groups in total. The standard InChI is InChI=1S/C26H31N3O3S/c1-26(2,3)33(30)28-17-22-7-6-16-27-25(22)29(18-20-8-12-23(31-4)13-9-20)19-21-10-14-24(32-5)15-11-21/h6-17H,18-19H2,1-5H3/t33-/m1/s1. The van der Waals surface area contributed by atoms with E-state index in [9.17, 15) is 4.21 Å². The topological polar surface area (TPSA) is 64.0 Å². The van der Waals surface area contributed by atoms with Crippen LogP contribution in [0, 0.1) is 0 Å². The quantitative estimate of drug-likeness (QED) is 0.407. The van der Waals surface area contributed by atoms with Crippen molar-refractivity contribution in [2.75, 3.05) is 19.1 Å². The first-order valence-electron chi connectivity index (χ1n) is 10.7. The third-order valence-electron chi connectivity index (χ3n) is 4.99. The summed E-state index contributed by atoms with van der Waals surface area (Å²) >= 11 is 0. The highest BCUT2D eigenvalue weighted by Crippen LogP contribution is 2.24. The highest BCUT2D eigenvalue weighted by atomic mass is 32.2. The Morgan fingerprint density at radius 1 is 0.909 bits per heavy atom. The molecule has 0 spiro atoms. The van der Waals surface area contributed by atoms with Crippen LogP contribution < -0.4 is 14.4 Å². The number of hydrogen-bond acceptors (Lipinski definition) is 5. The van der Waals surface area contributed by atoms with Crippen LogP contribution in [0.2, 0.25) is 0 Å². The molecule has 0 aliphatic rings. The lowest BCUT2D eigenvalue weighted by Gasteiger charge is -2.26. The van der Waals surface area contributed by atoms with Crippen LogP contribution in [0.3, 0.4) is 0 Å². The molecule has 0 amide bonds. The summed E-state index contributed by atoms with van der Waals surface area (Å²) in [6.45, 7) is 6.99. The third-order valence-corrected chi connectivity index (χ3v) is 6.34. The van der Waals surface area contributed by atoms with E-state index in [1.54, 1.807) is 26.6 Å². The van der Waals surface area contributed by atoms with Gasteiger partial charge in [-0.2, -0.15) is 4.40 Å². The molecule has 174 valence electrons. The summed E-state index contributed by atoms with van der Waals surface area (Å²) in [5.74, 6) is 2.41. The summed E-state index contributed by atoms with van der Waals surface area (Å²) in [6, 6.07) is 19.8. The monoisotopic (exact) mass is 465 g/mol. The smallest absolute Gasteiger partial charge is 0.144 e. The Morgan fingerprint density at radius 2 is 1.42 bits per heavy atom. The van der Waals surface area contributed by atoms with Crippen molar-refractivity contribution >= 4 is 23.0 Å². The maximum absolute atomic E-state index is 12.5. The summed E-state index contributed by atoms with van der Waals surface area (Å²) in [5, 5.41) is 0. The zero-order valence-electron chi connectivity index (χ0n) is 19.8. The zero-order chi connectivity index (χ0) is 23.8. The van der Waals surface area contributed by atoms with Crippen LogP contribution >= 0.6 is 0 Å². The molecule has 0 unspecified atom stereocenters. The number of benzene rings is 2. The van der Waals surface area contributed by atoms with Crippen molar-refractivity contribution in [1.82, 2.24) is 4.98 Å². The summed E-state index contributed by atoms with van der Waals surface area (Å²) in [6.07, 6.45) is 3.43. The Hall–Kier alpha value is -3.19. The molecule has 6 nitrogen and oxygen atoms in total. The van der Waals surface area contributed by atoms with Gasteiger partial charge in [-0.25, -0.2) is 9.19 Å². The summed E-state index contributed by atoms with van der Waals surface area (Å²) in [5.41, 5.74) is 3.06. The van der Waals surface area contributed by atoms with E-state index >= 15 is 0 Å². The molecule has 0 saturated carbocycles. The van der Waals surface area contributed by atoms with Gasteiger partial charge in [0, 0.05) is 31.1 Å². The predicted octanol–water partition coefficient (Wildman–Crippen LogP) is 5.19. The van der Waals surface area contributed by atoms with E-state index in [-0.39, 0.29) is 0 Å². The largest absolute Gasteiger partial charge is 0.497 e. The van der Waals surface area contributed by atoms with Crippen molar-refractivity contribution in [3.05, 3.63) is 83.6 Å².